The Hall–Kier alpha value is -4.21. The quantitative estimate of drug-likeness (QED) is 0.226. The van der Waals surface area contributed by atoms with E-state index in [9.17, 15) is 34.7 Å². The maximum Gasteiger partial charge on any atom is 0.323 e. The Kier molecular flexibility index (Phi) is 6.00. The minimum absolute atomic E-state index is 0.217. The molecule has 3 rings (SSSR count). The molecule has 0 unspecified atom stereocenters. The molecule has 2 aromatic rings. The smallest absolute Gasteiger partial charge is 0.323 e. The van der Waals surface area contributed by atoms with Crippen LogP contribution < -0.4 is 4.74 Å². The fraction of sp³-hybridized carbons (Fsp3) is 0.190. The fourth-order valence-corrected chi connectivity index (χ4v) is 3.34. The first-order valence-electron chi connectivity index (χ1n) is 9.22. The van der Waals surface area contributed by atoms with Gasteiger partial charge in [0.15, 0.2) is 0 Å². The van der Waals surface area contributed by atoms with Gasteiger partial charge in [-0.3, -0.25) is 24.5 Å². The molecule has 1 heterocycles. The Labute approximate surface area is 176 Å². The number of aliphatic hydroxyl groups is 1. The van der Waals surface area contributed by atoms with Gasteiger partial charge < -0.3 is 19.8 Å². The summed E-state index contributed by atoms with van der Waals surface area (Å²) in [6.07, 6.45) is 0. The molecule has 10 nitrogen and oxygen atoms in total. The summed E-state index contributed by atoms with van der Waals surface area (Å²) < 4.78 is 5.34. The zero-order valence-corrected chi connectivity index (χ0v) is 16.3. The molecule has 1 aliphatic heterocycles. The second-order valence-corrected chi connectivity index (χ2v) is 6.63. The van der Waals surface area contributed by atoms with E-state index >= 15 is 0 Å². The van der Waals surface area contributed by atoms with E-state index in [4.69, 9.17) is 4.74 Å². The van der Waals surface area contributed by atoms with Gasteiger partial charge in [-0.25, -0.2) is 0 Å². The first-order valence-corrected chi connectivity index (χ1v) is 9.22. The van der Waals surface area contributed by atoms with Crippen LogP contribution in [0, 0.1) is 10.1 Å². The first-order chi connectivity index (χ1) is 14.7. The third-order valence-corrected chi connectivity index (χ3v) is 4.70. The Morgan fingerprint density at radius 3 is 2.23 bits per heavy atom. The molecule has 0 aromatic heterocycles. The maximum absolute atomic E-state index is 12.7. The van der Waals surface area contributed by atoms with Crippen LogP contribution in [-0.2, 0) is 14.4 Å². The van der Waals surface area contributed by atoms with E-state index in [0.717, 1.165) is 4.90 Å². The largest absolute Gasteiger partial charge is 0.507 e. The summed E-state index contributed by atoms with van der Waals surface area (Å²) in [6, 6.07) is 9.91. The predicted molar refractivity (Wildman–Crippen MR) is 107 cm³/mol. The van der Waals surface area contributed by atoms with Crippen LogP contribution in [0.15, 0.2) is 54.1 Å². The van der Waals surface area contributed by atoms with Crippen LogP contribution in [0.4, 0.5) is 5.69 Å². The minimum Gasteiger partial charge on any atom is -0.507 e. The number of amides is 1. The number of carboxylic acid groups (broad SMARTS) is 1. The number of hydrogen-bond donors (Lipinski definition) is 2. The molecule has 0 aliphatic carbocycles. The van der Waals surface area contributed by atoms with Crippen molar-refractivity contribution in [2.45, 2.75) is 13.0 Å². The summed E-state index contributed by atoms with van der Waals surface area (Å²) in [5.74, 6) is -3.43. The van der Waals surface area contributed by atoms with E-state index < -0.39 is 40.9 Å². The summed E-state index contributed by atoms with van der Waals surface area (Å²) in [6.45, 7) is 1.46. The number of nitro benzene ring substituents is 1. The van der Waals surface area contributed by atoms with Crippen LogP contribution in [0.25, 0.3) is 5.76 Å². The van der Waals surface area contributed by atoms with Gasteiger partial charge in [-0.1, -0.05) is 0 Å². The van der Waals surface area contributed by atoms with Crippen molar-refractivity contribution in [1.82, 2.24) is 4.90 Å². The zero-order chi connectivity index (χ0) is 22.7. The number of aliphatic carboxylic acids is 1. The van der Waals surface area contributed by atoms with E-state index in [-0.39, 0.29) is 22.4 Å². The molecule has 31 heavy (non-hydrogen) atoms. The third kappa shape index (κ3) is 4.22. The number of rotatable bonds is 7. The van der Waals surface area contributed by atoms with E-state index in [1.807, 2.05) is 6.92 Å². The van der Waals surface area contributed by atoms with Crippen LogP contribution in [0.2, 0.25) is 0 Å². The van der Waals surface area contributed by atoms with Crippen LogP contribution in [-0.4, -0.2) is 50.8 Å². The molecule has 10 heteroatoms. The average molecular weight is 426 g/mol. The van der Waals surface area contributed by atoms with Crippen LogP contribution in [0.3, 0.4) is 0 Å². The van der Waals surface area contributed by atoms with Crippen molar-refractivity contribution in [3.8, 4) is 5.75 Å². The van der Waals surface area contributed by atoms with Crippen molar-refractivity contribution in [2.24, 2.45) is 0 Å². The van der Waals surface area contributed by atoms with Gasteiger partial charge in [-0.15, -0.1) is 0 Å². The number of nitro groups is 1. The normalized spacial score (nSPS) is 17.6. The van der Waals surface area contributed by atoms with E-state index in [2.05, 4.69) is 0 Å². The lowest BCUT2D eigenvalue weighted by molar-refractivity contribution is -0.384. The monoisotopic (exact) mass is 426 g/mol. The SMILES string of the molecule is CCOc1ccc(/C(O)=C2\C(=O)C(=O)N(CC(=O)O)[C@@H]2c2ccc([N+](=O)[O-])cc2)cc1. The molecular weight excluding hydrogens is 408 g/mol. The van der Waals surface area contributed by atoms with Gasteiger partial charge in [0.1, 0.15) is 18.1 Å². The predicted octanol–water partition coefficient (Wildman–Crippen LogP) is 2.50. The lowest BCUT2D eigenvalue weighted by Crippen LogP contribution is -2.34. The van der Waals surface area contributed by atoms with E-state index in [1.54, 1.807) is 12.1 Å². The number of hydrogen-bond acceptors (Lipinski definition) is 7. The molecule has 0 spiro atoms. The second kappa shape index (κ2) is 8.66. The van der Waals surface area contributed by atoms with Gasteiger partial charge in [-0.05, 0) is 48.9 Å². The van der Waals surface area contributed by atoms with Crippen molar-refractivity contribution in [2.75, 3.05) is 13.2 Å². The Morgan fingerprint density at radius 1 is 1.10 bits per heavy atom. The number of ketones is 1. The molecule has 0 bridgehead atoms. The van der Waals surface area contributed by atoms with Crippen molar-refractivity contribution >= 4 is 29.1 Å². The highest BCUT2D eigenvalue weighted by Gasteiger charge is 2.46. The number of carbonyl (C=O) groups is 3. The molecule has 1 fully saturated rings. The highest BCUT2D eigenvalue weighted by Crippen LogP contribution is 2.39. The summed E-state index contributed by atoms with van der Waals surface area (Å²) in [5, 5.41) is 31.0. The highest BCUT2D eigenvalue weighted by molar-refractivity contribution is 6.46. The number of carboxylic acids is 1. The van der Waals surface area contributed by atoms with Gasteiger partial charge in [-0.2, -0.15) is 0 Å². The van der Waals surface area contributed by atoms with Gasteiger partial charge in [0.05, 0.1) is 23.1 Å². The third-order valence-electron chi connectivity index (χ3n) is 4.70. The van der Waals surface area contributed by atoms with Crippen molar-refractivity contribution in [3.05, 3.63) is 75.3 Å². The highest BCUT2D eigenvalue weighted by atomic mass is 16.6. The van der Waals surface area contributed by atoms with Gasteiger partial charge >= 0.3 is 5.97 Å². The number of nitrogens with zero attached hydrogens (tertiary/aromatic N) is 2. The number of benzene rings is 2. The number of aliphatic hydroxyl groups excluding tert-OH is 1. The maximum atomic E-state index is 12.7. The number of Topliss-reactive ketones (excluding diaryl/α,β-unsaturated/α-hetero) is 1. The van der Waals surface area contributed by atoms with Crippen LogP contribution in [0.5, 0.6) is 5.75 Å². The number of likely N-dealkylation sites (tertiary alicyclic amines) is 1. The first kappa shape index (κ1) is 21.5. The van der Waals surface area contributed by atoms with E-state index in [0.29, 0.717) is 12.4 Å². The van der Waals surface area contributed by atoms with Crippen molar-refractivity contribution in [1.29, 1.82) is 0 Å². The fourth-order valence-electron chi connectivity index (χ4n) is 3.34. The molecule has 1 saturated heterocycles. The lowest BCUT2D eigenvalue weighted by atomic mass is 9.95. The zero-order valence-electron chi connectivity index (χ0n) is 16.3. The molecule has 160 valence electrons. The lowest BCUT2D eigenvalue weighted by Gasteiger charge is -2.23. The van der Waals surface area contributed by atoms with Gasteiger partial charge in [0, 0.05) is 17.7 Å². The van der Waals surface area contributed by atoms with Crippen LogP contribution in [0.1, 0.15) is 24.1 Å². The second-order valence-electron chi connectivity index (χ2n) is 6.63. The number of non-ortho nitro benzene ring substituents is 1. The van der Waals surface area contributed by atoms with E-state index in [1.165, 1.54) is 36.4 Å². The van der Waals surface area contributed by atoms with Crippen molar-refractivity contribution in [3.63, 3.8) is 0 Å². The number of ether oxygens (including phenoxy) is 1. The molecule has 1 amide bonds. The molecule has 1 aliphatic rings. The summed E-state index contributed by atoms with van der Waals surface area (Å²) in [4.78, 5) is 47.6. The molecule has 0 radical (unpaired) electrons. The standard InChI is InChI=1S/C21H18N2O8/c1-2-31-15-9-5-13(6-10-15)19(26)17-18(12-3-7-14(8-4-12)23(29)30)22(11-16(24)25)21(28)20(17)27/h3-10,18,26H,2,11H2,1H3,(H,24,25)/b19-17+/t18-/m1/s1. The molecule has 1 atom stereocenters. The molecule has 2 aromatic carbocycles. The Balaban J connectivity index is 2.13. The van der Waals surface area contributed by atoms with Gasteiger partial charge in [0.2, 0.25) is 0 Å². The average Bonchev–Trinajstić information content (AvgIpc) is 2.98. The molecular formula is C21H18N2O8. The Bertz CT molecular complexity index is 1070. The van der Waals surface area contributed by atoms with Crippen LogP contribution >= 0.6 is 0 Å². The van der Waals surface area contributed by atoms with Crippen molar-refractivity contribution < 1.29 is 34.3 Å². The summed E-state index contributed by atoms with van der Waals surface area (Å²) >= 11 is 0. The van der Waals surface area contributed by atoms with Gasteiger partial charge in [0.25, 0.3) is 17.4 Å². The molecule has 2 N–H and O–H groups in total. The summed E-state index contributed by atoms with van der Waals surface area (Å²) in [7, 11) is 0. The topological polar surface area (TPSA) is 147 Å². The Morgan fingerprint density at radius 2 is 1.71 bits per heavy atom. The summed E-state index contributed by atoms with van der Waals surface area (Å²) in [5.41, 5.74) is -0.0445. The number of carbonyl (C=O) groups excluding carboxylic acids is 2. The minimum atomic E-state index is -1.35. The molecule has 0 saturated carbocycles.